The molecule has 0 aliphatic carbocycles. The molecule has 0 amide bonds. The average molecular weight is 1010 g/mol. The Balaban J connectivity index is 1.87. The van der Waals surface area contributed by atoms with Crippen LogP contribution in [-0.2, 0) is 46.3 Å². The van der Waals surface area contributed by atoms with E-state index in [1.807, 2.05) is 6.92 Å². The van der Waals surface area contributed by atoms with Crippen LogP contribution in [0.3, 0.4) is 0 Å². The van der Waals surface area contributed by atoms with Crippen molar-refractivity contribution in [2.45, 2.75) is 198 Å². The number of ether oxygens (including phenoxy) is 3. The minimum atomic E-state index is -5.68. The highest BCUT2D eigenvalue weighted by Crippen LogP contribution is 2.60. The number of phosphoric ester groups is 2. The molecule has 392 valence electrons. The number of fused-ring (bicyclic) bond motifs is 3. The molecular weight excluding hydrogens is 932 g/mol. The summed E-state index contributed by atoms with van der Waals surface area (Å²) < 4.78 is 58.9. The quantitative estimate of drug-likeness (QED) is 0.0366. The van der Waals surface area contributed by atoms with Crippen molar-refractivity contribution in [2.24, 2.45) is 17.8 Å². The van der Waals surface area contributed by atoms with E-state index in [0.717, 1.165) is 43.1 Å². The topological polar surface area (TPSA) is 326 Å². The summed E-state index contributed by atoms with van der Waals surface area (Å²) in [6.45, 7) is 3.74. The molecule has 1 aromatic rings. The number of nitrogens with two attached hydrogens (primary N) is 1. The van der Waals surface area contributed by atoms with Crippen LogP contribution in [0.15, 0.2) is 29.2 Å². The first-order valence-corrected chi connectivity index (χ1v) is 27.3. The molecule has 0 radical (unpaired) electrons. The van der Waals surface area contributed by atoms with Crippen LogP contribution < -0.4 is 11.4 Å². The summed E-state index contributed by atoms with van der Waals surface area (Å²) >= 11 is 0. The van der Waals surface area contributed by atoms with Crippen molar-refractivity contribution in [1.82, 2.24) is 9.55 Å². The van der Waals surface area contributed by atoms with E-state index in [1.165, 1.54) is 43.7 Å². The molecule has 9 N–H and O–H groups in total. The van der Waals surface area contributed by atoms with Gasteiger partial charge in [0.15, 0.2) is 6.10 Å². The van der Waals surface area contributed by atoms with E-state index < -0.39 is 120 Å². The molecule has 12 atom stereocenters. The zero-order chi connectivity index (χ0) is 50.3. The van der Waals surface area contributed by atoms with Gasteiger partial charge in [0.1, 0.15) is 30.9 Å². The van der Waals surface area contributed by atoms with E-state index in [1.54, 1.807) is 0 Å². The number of carbonyl (C=O) groups excluding carboxylic acids is 2. The summed E-state index contributed by atoms with van der Waals surface area (Å²) in [5.74, 6) is -3.29. The van der Waals surface area contributed by atoms with Gasteiger partial charge in [0.25, 0.3) is 0 Å². The number of unbranched alkanes of at least 4 members (excludes halogenated alkanes) is 8. The standard InChI is InChI=1S/C45H79N3O18P2/c1-4-5-13-19-32(49)23-24-34-36(50)27-37(51)35-20-15-11-12-17-22-41(53)64-33(28-61-40(52)21-16-10-8-6-7-9-14-18-31(2)3)29-62-67(57,58)66-68(59,60)63-30-38(43(55)42(34)54)65-44(35)48-26-25-39(46)47-45(48)56/h23-26,31-38,42-44,49-51,54-55H,4-22,27-30H2,1-3H3,(H,57,58)(H,59,60)(H2,46,47,56)/t32-,33+,34-,35-,36+,37-,38+,42-,43+,44+/m0/s1. The Labute approximate surface area is 400 Å². The maximum absolute atomic E-state index is 13.3. The fourth-order valence-corrected chi connectivity index (χ4v) is 10.3. The lowest BCUT2D eigenvalue weighted by Crippen LogP contribution is -2.52. The Bertz CT molecular complexity index is 1820. The highest BCUT2D eigenvalue weighted by Gasteiger charge is 2.45. The number of cyclic esters (lactones) is 1. The van der Waals surface area contributed by atoms with Crippen molar-refractivity contribution in [3.8, 4) is 0 Å². The van der Waals surface area contributed by atoms with Gasteiger partial charge in [-0.2, -0.15) is 9.29 Å². The van der Waals surface area contributed by atoms with Crippen molar-refractivity contribution in [1.29, 1.82) is 0 Å². The largest absolute Gasteiger partial charge is 0.481 e. The summed E-state index contributed by atoms with van der Waals surface area (Å²) in [6.07, 6.45) is 2.94. The first-order chi connectivity index (χ1) is 32.2. The third kappa shape index (κ3) is 22.6. The average Bonchev–Trinajstić information content (AvgIpc) is 3.25. The minimum absolute atomic E-state index is 0.0877. The summed E-state index contributed by atoms with van der Waals surface area (Å²) in [4.78, 5) is 63.9. The highest BCUT2D eigenvalue weighted by molar-refractivity contribution is 7.61. The number of carbonyl (C=O) groups is 2. The van der Waals surface area contributed by atoms with Gasteiger partial charge >= 0.3 is 33.3 Å². The number of nitrogen functional groups attached to an aromatic ring is 1. The third-order valence-electron chi connectivity index (χ3n) is 12.1. The number of esters is 2. The minimum Gasteiger partial charge on any atom is -0.462 e. The van der Waals surface area contributed by atoms with Gasteiger partial charge in [-0.15, -0.1) is 0 Å². The Kier molecular flexibility index (Phi) is 27.2. The van der Waals surface area contributed by atoms with Gasteiger partial charge in [0.05, 0.1) is 37.6 Å². The molecule has 21 nitrogen and oxygen atoms in total. The molecule has 0 spiro atoms. The summed E-state index contributed by atoms with van der Waals surface area (Å²) in [5.41, 5.74) is 4.80. The second kappa shape index (κ2) is 31.0. The molecule has 2 aliphatic rings. The maximum atomic E-state index is 13.3. The molecular formula is C45H79N3O18P2. The van der Waals surface area contributed by atoms with Crippen LogP contribution in [-0.4, -0.2) is 119 Å². The van der Waals surface area contributed by atoms with Gasteiger partial charge in [0, 0.05) is 37.3 Å². The molecule has 2 bridgehead atoms. The van der Waals surface area contributed by atoms with Gasteiger partial charge in [-0.3, -0.25) is 23.2 Å². The second-order valence-electron chi connectivity index (χ2n) is 18.4. The van der Waals surface area contributed by atoms with E-state index in [0.29, 0.717) is 50.9 Å². The molecule has 68 heavy (non-hydrogen) atoms. The van der Waals surface area contributed by atoms with Gasteiger partial charge < -0.3 is 55.3 Å². The molecule has 0 aromatic carbocycles. The number of aliphatic hydroxyl groups is 5. The molecule has 2 saturated heterocycles. The predicted octanol–water partition coefficient (Wildman–Crippen LogP) is 5.51. The van der Waals surface area contributed by atoms with E-state index >= 15 is 0 Å². The van der Waals surface area contributed by atoms with Crippen molar-refractivity contribution in [3.05, 3.63) is 34.9 Å². The number of anilines is 1. The first-order valence-electron chi connectivity index (χ1n) is 24.3. The fraction of sp³-hybridized carbons (Fsp3) is 0.822. The lowest BCUT2D eigenvalue weighted by molar-refractivity contribution is -0.195. The van der Waals surface area contributed by atoms with Crippen molar-refractivity contribution in [2.75, 3.05) is 25.6 Å². The van der Waals surface area contributed by atoms with Crippen molar-refractivity contribution in [3.63, 3.8) is 0 Å². The molecule has 2 unspecified atom stereocenters. The lowest BCUT2D eigenvalue weighted by Gasteiger charge is -2.41. The van der Waals surface area contributed by atoms with Gasteiger partial charge in [0.2, 0.25) is 0 Å². The number of hydrogen-bond acceptors (Lipinski definition) is 18. The smallest absolute Gasteiger partial charge is 0.462 e. The van der Waals surface area contributed by atoms with Crippen LogP contribution in [0.4, 0.5) is 5.82 Å². The maximum Gasteiger partial charge on any atom is 0.481 e. The molecule has 1 aromatic heterocycles. The first kappa shape index (κ1) is 59.7. The number of nitrogens with zero attached hydrogens (tertiary/aromatic N) is 2. The Morgan fingerprint density at radius 3 is 2.22 bits per heavy atom. The Hall–Kier alpha value is -2.62. The summed E-state index contributed by atoms with van der Waals surface area (Å²) in [7, 11) is -11.2. The van der Waals surface area contributed by atoms with Crippen molar-refractivity contribution >= 4 is 33.4 Å². The van der Waals surface area contributed by atoms with E-state index in [9.17, 15) is 58.8 Å². The zero-order valence-electron chi connectivity index (χ0n) is 39.9. The van der Waals surface area contributed by atoms with Gasteiger partial charge in [-0.25, -0.2) is 13.9 Å². The highest BCUT2D eigenvalue weighted by atomic mass is 31.3. The van der Waals surface area contributed by atoms with Crippen LogP contribution in [0.1, 0.15) is 155 Å². The molecule has 2 aliphatic heterocycles. The number of aliphatic hydroxyl groups excluding tert-OH is 5. The summed E-state index contributed by atoms with van der Waals surface area (Å²) in [6, 6.07) is 1.26. The molecule has 3 heterocycles. The Morgan fingerprint density at radius 2 is 1.54 bits per heavy atom. The van der Waals surface area contributed by atoms with Crippen LogP contribution in [0.25, 0.3) is 0 Å². The van der Waals surface area contributed by atoms with Gasteiger partial charge in [-0.1, -0.05) is 116 Å². The normalized spacial score (nSPS) is 31.6. The summed E-state index contributed by atoms with van der Waals surface area (Å²) in [5, 5.41) is 57.4. The van der Waals surface area contributed by atoms with Crippen LogP contribution in [0, 0.1) is 17.8 Å². The predicted molar refractivity (Wildman–Crippen MR) is 249 cm³/mol. The molecule has 23 heteroatoms. The molecule has 2 fully saturated rings. The number of hydrogen-bond donors (Lipinski definition) is 8. The van der Waals surface area contributed by atoms with E-state index in [4.69, 9.17) is 29.0 Å². The van der Waals surface area contributed by atoms with E-state index in [2.05, 4.69) is 23.1 Å². The van der Waals surface area contributed by atoms with Crippen molar-refractivity contribution < 1.29 is 81.6 Å². The monoisotopic (exact) mass is 1010 g/mol. The van der Waals surface area contributed by atoms with Crippen LogP contribution in [0.2, 0.25) is 0 Å². The van der Waals surface area contributed by atoms with Crippen LogP contribution >= 0.6 is 15.6 Å². The lowest BCUT2D eigenvalue weighted by atomic mass is 9.82. The number of phosphoric acid groups is 2. The SMILES string of the molecule is CCCCC[C@H](O)C=C[C@@H]1[C@H](O)[C@H](O)[C@H]2COP(=O)(O)OP(=O)(O)OC[C@@H](COC(=O)CCCCCCCCCC(C)C)OC(=O)CCCCCC[C@H]([C@H](n3ccc(N)nc3=O)O2)[C@@H](O)C[C@H]1O. The molecule has 3 rings (SSSR count). The number of rotatable bonds is 19. The fourth-order valence-electron chi connectivity index (χ4n) is 8.22. The second-order valence-corrected chi connectivity index (χ2v) is 21.5. The zero-order valence-corrected chi connectivity index (χ0v) is 41.7. The Morgan fingerprint density at radius 1 is 0.897 bits per heavy atom. The third-order valence-corrected chi connectivity index (χ3v) is 14.7. The van der Waals surface area contributed by atoms with Gasteiger partial charge in [-0.05, 0) is 37.7 Å². The van der Waals surface area contributed by atoms with E-state index in [-0.39, 0.29) is 25.1 Å². The van der Waals surface area contributed by atoms with Crippen LogP contribution in [0.5, 0.6) is 0 Å². The molecule has 0 saturated carbocycles. The number of aromatic nitrogens is 2.